The van der Waals surface area contributed by atoms with E-state index in [1.165, 1.54) is 0 Å². The molecule has 0 aromatic heterocycles. The molecule has 1 amide bonds. The summed E-state index contributed by atoms with van der Waals surface area (Å²) in [6, 6.07) is 11.0. The van der Waals surface area contributed by atoms with Crippen molar-refractivity contribution in [3.05, 3.63) is 52.5 Å². The van der Waals surface area contributed by atoms with Crippen molar-refractivity contribution in [2.75, 3.05) is 6.54 Å². The lowest BCUT2D eigenvalue weighted by molar-refractivity contribution is 0.0950. The highest BCUT2D eigenvalue weighted by atomic mass is 35.5. The molecule has 4 heteroatoms. The fourth-order valence-corrected chi connectivity index (χ4v) is 2.69. The molecule has 134 valence electrons. The van der Waals surface area contributed by atoms with E-state index in [1.54, 1.807) is 18.2 Å². The monoisotopic (exact) mass is 359 g/mol. The highest BCUT2D eigenvalue weighted by Gasteiger charge is 2.22. The topological polar surface area (TPSA) is 49.3 Å². The van der Waals surface area contributed by atoms with Crippen LogP contribution in [0, 0.1) is 0 Å². The molecule has 2 rings (SSSR count). The van der Waals surface area contributed by atoms with Crippen molar-refractivity contribution in [3.8, 4) is 16.9 Å². The number of unbranched alkanes of at least 4 members (excludes halogenated alkanes) is 1. The lowest BCUT2D eigenvalue weighted by Gasteiger charge is -2.22. The summed E-state index contributed by atoms with van der Waals surface area (Å²) < 4.78 is 0. The first-order valence-corrected chi connectivity index (χ1v) is 9.03. The quantitative estimate of drug-likeness (QED) is 0.688. The van der Waals surface area contributed by atoms with Gasteiger partial charge in [0.05, 0.1) is 5.56 Å². The second-order valence-electron chi connectivity index (χ2n) is 7.29. The third-order valence-electron chi connectivity index (χ3n) is 4.19. The number of aromatic hydroxyl groups is 1. The molecule has 0 atom stereocenters. The van der Waals surface area contributed by atoms with Crippen molar-refractivity contribution >= 4 is 17.5 Å². The number of rotatable bonds is 5. The van der Waals surface area contributed by atoms with Crippen molar-refractivity contribution in [2.45, 2.75) is 46.0 Å². The molecule has 0 spiro atoms. The number of benzene rings is 2. The molecule has 0 bridgehead atoms. The third kappa shape index (κ3) is 4.76. The zero-order valence-electron chi connectivity index (χ0n) is 15.3. The molecule has 0 radical (unpaired) electrons. The van der Waals surface area contributed by atoms with Gasteiger partial charge in [-0.05, 0) is 47.2 Å². The van der Waals surface area contributed by atoms with E-state index in [0.29, 0.717) is 22.7 Å². The van der Waals surface area contributed by atoms with Gasteiger partial charge in [-0.1, -0.05) is 57.8 Å². The average Bonchev–Trinajstić information content (AvgIpc) is 2.55. The SMILES string of the molecule is CCCCNC(=O)c1cc(C(C)(C)C)cc(-c2ccc(Cl)cc2)c1O. The second-order valence-corrected chi connectivity index (χ2v) is 7.72. The van der Waals surface area contributed by atoms with E-state index in [1.807, 2.05) is 18.2 Å². The van der Waals surface area contributed by atoms with Crippen molar-refractivity contribution in [1.82, 2.24) is 5.32 Å². The fraction of sp³-hybridized carbons (Fsp3) is 0.381. The van der Waals surface area contributed by atoms with Crippen molar-refractivity contribution in [1.29, 1.82) is 0 Å². The Hall–Kier alpha value is -2.00. The standard InChI is InChI=1S/C21H26ClNO2/c1-5-6-11-23-20(25)18-13-15(21(2,3)4)12-17(19(18)24)14-7-9-16(22)10-8-14/h7-10,12-13,24H,5-6,11H2,1-4H3,(H,23,25). The number of carbonyl (C=O) groups excluding carboxylic acids is 1. The summed E-state index contributed by atoms with van der Waals surface area (Å²) in [5.74, 6) is -0.239. The first kappa shape index (κ1) is 19.3. The van der Waals surface area contributed by atoms with Crippen molar-refractivity contribution in [3.63, 3.8) is 0 Å². The Morgan fingerprint density at radius 3 is 2.36 bits per heavy atom. The maximum atomic E-state index is 12.6. The number of amides is 1. The van der Waals surface area contributed by atoms with Gasteiger partial charge in [0.25, 0.3) is 5.91 Å². The van der Waals surface area contributed by atoms with Crippen LogP contribution in [0.15, 0.2) is 36.4 Å². The molecule has 0 saturated heterocycles. The Balaban J connectivity index is 2.53. The van der Waals surface area contributed by atoms with Gasteiger partial charge in [0.1, 0.15) is 5.75 Å². The van der Waals surface area contributed by atoms with Crippen LogP contribution in [0.2, 0.25) is 5.02 Å². The first-order chi connectivity index (χ1) is 11.7. The molecule has 2 N–H and O–H groups in total. The maximum absolute atomic E-state index is 12.6. The molecule has 25 heavy (non-hydrogen) atoms. The molecule has 2 aromatic carbocycles. The van der Waals surface area contributed by atoms with Gasteiger partial charge < -0.3 is 10.4 Å². The molecular weight excluding hydrogens is 334 g/mol. The molecule has 2 aromatic rings. The molecule has 0 unspecified atom stereocenters. The first-order valence-electron chi connectivity index (χ1n) is 8.65. The molecule has 0 saturated carbocycles. The van der Waals surface area contributed by atoms with Gasteiger partial charge in [0, 0.05) is 17.1 Å². The van der Waals surface area contributed by atoms with E-state index in [9.17, 15) is 9.90 Å². The van der Waals surface area contributed by atoms with Gasteiger partial charge >= 0.3 is 0 Å². The summed E-state index contributed by atoms with van der Waals surface area (Å²) in [6.45, 7) is 8.94. The van der Waals surface area contributed by atoms with Crippen molar-refractivity contribution < 1.29 is 9.90 Å². The van der Waals surface area contributed by atoms with Gasteiger partial charge in [-0.3, -0.25) is 4.79 Å². The Kier molecular flexibility index (Phi) is 6.12. The maximum Gasteiger partial charge on any atom is 0.255 e. The van der Waals surface area contributed by atoms with Crippen LogP contribution in [0.5, 0.6) is 5.75 Å². The third-order valence-corrected chi connectivity index (χ3v) is 4.44. The smallest absolute Gasteiger partial charge is 0.255 e. The lowest BCUT2D eigenvalue weighted by atomic mass is 9.83. The summed E-state index contributed by atoms with van der Waals surface area (Å²) in [5.41, 5.74) is 2.64. The minimum atomic E-state index is -0.243. The van der Waals surface area contributed by atoms with E-state index in [4.69, 9.17) is 11.6 Å². The van der Waals surface area contributed by atoms with Crippen LogP contribution in [0.1, 0.15) is 56.5 Å². The number of carbonyl (C=O) groups is 1. The van der Waals surface area contributed by atoms with Crippen LogP contribution >= 0.6 is 11.6 Å². The minimum Gasteiger partial charge on any atom is -0.506 e. The second kappa shape index (κ2) is 7.92. The van der Waals surface area contributed by atoms with Crippen molar-refractivity contribution in [2.24, 2.45) is 0 Å². The number of hydrogen-bond acceptors (Lipinski definition) is 2. The normalized spacial score (nSPS) is 11.4. The zero-order chi connectivity index (χ0) is 18.6. The summed E-state index contributed by atoms with van der Waals surface area (Å²) in [6.07, 6.45) is 1.92. The van der Waals surface area contributed by atoms with Gasteiger partial charge in [-0.2, -0.15) is 0 Å². The number of phenols is 1. The molecule has 0 heterocycles. The minimum absolute atomic E-state index is 0.00400. The molecule has 0 aliphatic carbocycles. The number of halogens is 1. The highest BCUT2D eigenvalue weighted by molar-refractivity contribution is 6.30. The van der Waals surface area contributed by atoms with Crippen LogP contribution in [0.3, 0.4) is 0 Å². The van der Waals surface area contributed by atoms with E-state index in [0.717, 1.165) is 24.0 Å². The average molecular weight is 360 g/mol. The lowest BCUT2D eigenvalue weighted by Crippen LogP contribution is -2.25. The zero-order valence-corrected chi connectivity index (χ0v) is 16.1. The predicted molar refractivity (Wildman–Crippen MR) is 104 cm³/mol. The molecular formula is C21H26ClNO2. The Bertz CT molecular complexity index is 746. The van der Waals surface area contributed by atoms with Crippen LogP contribution in [-0.4, -0.2) is 17.6 Å². The summed E-state index contributed by atoms with van der Waals surface area (Å²) in [7, 11) is 0. The summed E-state index contributed by atoms with van der Waals surface area (Å²) in [4.78, 5) is 12.6. The summed E-state index contributed by atoms with van der Waals surface area (Å²) in [5, 5.41) is 14.3. The molecule has 0 aliphatic rings. The highest BCUT2D eigenvalue weighted by Crippen LogP contribution is 2.37. The number of nitrogens with one attached hydrogen (secondary N) is 1. The van der Waals surface area contributed by atoms with E-state index in [2.05, 4.69) is 33.0 Å². The van der Waals surface area contributed by atoms with E-state index >= 15 is 0 Å². The van der Waals surface area contributed by atoms with E-state index < -0.39 is 0 Å². The van der Waals surface area contributed by atoms with E-state index in [-0.39, 0.29) is 17.1 Å². The van der Waals surface area contributed by atoms with Gasteiger partial charge in [-0.15, -0.1) is 0 Å². The number of phenolic OH excluding ortho intramolecular Hbond substituents is 1. The summed E-state index contributed by atoms with van der Waals surface area (Å²) >= 11 is 5.97. The van der Waals surface area contributed by atoms with Crippen LogP contribution in [-0.2, 0) is 5.41 Å². The predicted octanol–water partition coefficient (Wildman–Crippen LogP) is 5.54. The van der Waals surface area contributed by atoms with Gasteiger partial charge in [0.2, 0.25) is 0 Å². The van der Waals surface area contributed by atoms with Crippen LogP contribution in [0.25, 0.3) is 11.1 Å². The van der Waals surface area contributed by atoms with Crippen LogP contribution in [0.4, 0.5) is 0 Å². The molecule has 0 aliphatic heterocycles. The largest absolute Gasteiger partial charge is 0.506 e. The van der Waals surface area contributed by atoms with Gasteiger partial charge in [-0.25, -0.2) is 0 Å². The molecule has 3 nitrogen and oxygen atoms in total. The van der Waals surface area contributed by atoms with Gasteiger partial charge in [0.15, 0.2) is 0 Å². The fourth-order valence-electron chi connectivity index (χ4n) is 2.56. The Morgan fingerprint density at radius 1 is 1.16 bits per heavy atom. The van der Waals surface area contributed by atoms with Crippen LogP contribution < -0.4 is 5.32 Å². The Morgan fingerprint density at radius 2 is 1.80 bits per heavy atom. The Labute approximate surface area is 155 Å². The number of hydrogen-bond donors (Lipinski definition) is 2. The molecule has 0 fully saturated rings.